The smallest absolute Gasteiger partial charge is 0.311 e. The molecule has 4 nitrogen and oxygen atoms in total. The molecule has 0 radical (unpaired) electrons. The molecule has 1 aromatic carbocycles. The summed E-state index contributed by atoms with van der Waals surface area (Å²) >= 11 is 3.50. The van der Waals surface area contributed by atoms with Crippen molar-refractivity contribution in [3.8, 4) is 0 Å². The van der Waals surface area contributed by atoms with Gasteiger partial charge in [0, 0.05) is 23.0 Å². The van der Waals surface area contributed by atoms with Gasteiger partial charge in [0.15, 0.2) is 0 Å². The Hall–Kier alpha value is -1.07. The number of fused-ring (bicyclic) bond motifs is 2. The van der Waals surface area contributed by atoms with E-state index in [9.17, 15) is 9.90 Å². The molecular formula is C13H15BrN2O2. The Kier molecular flexibility index (Phi) is 3.03. The van der Waals surface area contributed by atoms with E-state index < -0.39 is 11.9 Å². The fourth-order valence-corrected chi connectivity index (χ4v) is 3.59. The zero-order valence-corrected chi connectivity index (χ0v) is 11.4. The molecule has 18 heavy (non-hydrogen) atoms. The molecule has 2 aliphatic rings. The molecule has 0 amide bonds. The summed E-state index contributed by atoms with van der Waals surface area (Å²) in [4.78, 5) is 11.6. The van der Waals surface area contributed by atoms with Gasteiger partial charge in [0.2, 0.25) is 0 Å². The van der Waals surface area contributed by atoms with Crippen LogP contribution in [0.15, 0.2) is 22.7 Å². The van der Waals surface area contributed by atoms with Crippen LogP contribution in [0.3, 0.4) is 0 Å². The number of carboxylic acids is 1. The first-order chi connectivity index (χ1) is 8.68. The third-order valence-corrected chi connectivity index (χ3v) is 4.59. The highest BCUT2D eigenvalue weighted by molar-refractivity contribution is 9.10. The van der Waals surface area contributed by atoms with Gasteiger partial charge in [-0.05, 0) is 40.5 Å². The first-order valence-corrected chi connectivity index (χ1v) is 6.96. The largest absolute Gasteiger partial charge is 0.481 e. The highest BCUT2D eigenvalue weighted by atomic mass is 79.9. The zero-order valence-electron chi connectivity index (χ0n) is 9.82. The number of piperidine rings is 1. The number of hydrogen-bond donors (Lipinski definition) is 3. The Morgan fingerprint density at radius 2 is 2.28 bits per heavy atom. The van der Waals surface area contributed by atoms with Gasteiger partial charge in [0.05, 0.1) is 11.6 Å². The summed E-state index contributed by atoms with van der Waals surface area (Å²) in [5.41, 5.74) is 1.84. The van der Waals surface area contributed by atoms with E-state index in [0.717, 1.165) is 35.2 Å². The topological polar surface area (TPSA) is 61.4 Å². The molecule has 3 atom stereocenters. The lowest BCUT2D eigenvalue weighted by molar-refractivity contribution is -0.140. The molecule has 0 aromatic heterocycles. The monoisotopic (exact) mass is 310 g/mol. The number of anilines is 1. The van der Waals surface area contributed by atoms with Gasteiger partial charge in [-0.25, -0.2) is 0 Å². The van der Waals surface area contributed by atoms with Crippen molar-refractivity contribution in [2.45, 2.75) is 18.4 Å². The third-order valence-electron chi connectivity index (χ3n) is 3.93. The number of rotatable bonds is 1. The maximum Gasteiger partial charge on any atom is 0.311 e. The number of nitrogens with one attached hydrogen (secondary N) is 2. The van der Waals surface area contributed by atoms with Crippen LogP contribution in [0, 0.1) is 5.92 Å². The molecule has 0 saturated carbocycles. The van der Waals surface area contributed by atoms with Gasteiger partial charge in [-0.3, -0.25) is 4.79 Å². The number of hydrogen-bond acceptors (Lipinski definition) is 3. The molecule has 96 valence electrons. The predicted octanol–water partition coefficient (Wildman–Crippen LogP) is 2.02. The fraction of sp³-hybridized carbons (Fsp3) is 0.462. The second kappa shape index (κ2) is 4.55. The molecule has 3 unspecified atom stereocenters. The molecule has 0 aliphatic carbocycles. The number of carboxylic acid groups (broad SMARTS) is 1. The Morgan fingerprint density at radius 3 is 3.06 bits per heavy atom. The lowest BCUT2D eigenvalue weighted by Crippen LogP contribution is -2.50. The second-order valence-corrected chi connectivity index (χ2v) is 5.78. The fourth-order valence-electron chi connectivity index (χ4n) is 3.10. The van der Waals surface area contributed by atoms with E-state index in [1.165, 1.54) is 0 Å². The first kappa shape index (κ1) is 12.0. The van der Waals surface area contributed by atoms with Crippen LogP contribution in [-0.2, 0) is 4.79 Å². The van der Waals surface area contributed by atoms with E-state index >= 15 is 0 Å². The van der Waals surface area contributed by atoms with Crippen molar-refractivity contribution >= 4 is 27.6 Å². The van der Waals surface area contributed by atoms with E-state index in [0.29, 0.717) is 0 Å². The Morgan fingerprint density at radius 1 is 1.44 bits per heavy atom. The minimum atomic E-state index is -0.727. The number of carbonyl (C=O) groups is 1. The van der Waals surface area contributed by atoms with Crippen LogP contribution < -0.4 is 10.6 Å². The predicted molar refractivity (Wildman–Crippen MR) is 72.9 cm³/mol. The zero-order chi connectivity index (χ0) is 12.7. The summed E-state index contributed by atoms with van der Waals surface area (Å²) in [5, 5.41) is 16.3. The number of para-hydroxylation sites is 1. The van der Waals surface area contributed by atoms with Gasteiger partial charge in [-0.15, -0.1) is 0 Å². The molecule has 1 saturated heterocycles. The summed E-state index contributed by atoms with van der Waals surface area (Å²) in [7, 11) is 0. The SMILES string of the molecule is O=C(O)C1c2cccc(Br)c2NC2CCNCC21. The van der Waals surface area contributed by atoms with Crippen molar-refractivity contribution < 1.29 is 9.90 Å². The van der Waals surface area contributed by atoms with Crippen molar-refractivity contribution in [3.63, 3.8) is 0 Å². The Labute approximate surface area is 114 Å². The molecule has 3 N–H and O–H groups in total. The quantitative estimate of drug-likeness (QED) is 0.742. The number of halogens is 1. The molecule has 3 rings (SSSR count). The van der Waals surface area contributed by atoms with Gasteiger partial charge >= 0.3 is 5.97 Å². The van der Waals surface area contributed by atoms with Crippen molar-refractivity contribution in [1.82, 2.24) is 5.32 Å². The van der Waals surface area contributed by atoms with Gasteiger partial charge in [0.25, 0.3) is 0 Å². The minimum absolute atomic E-state index is 0.123. The highest BCUT2D eigenvalue weighted by Crippen LogP contribution is 2.43. The van der Waals surface area contributed by atoms with Crippen LogP contribution in [0.25, 0.3) is 0 Å². The lowest BCUT2D eigenvalue weighted by atomic mass is 9.75. The number of aliphatic carboxylic acids is 1. The lowest BCUT2D eigenvalue weighted by Gasteiger charge is -2.42. The van der Waals surface area contributed by atoms with Crippen LogP contribution in [-0.4, -0.2) is 30.2 Å². The third kappa shape index (κ3) is 1.82. The van der Waals surface area contributed by atoms with Gasteiger partial charge in [-0.1, -0.05) is 12.1 Å². The van der Waals surface area contributed by atoms with Gasteiger partial charge in [-0.2, -0.15) is 0 Å². The summed E-state index contributed by atoms with van der Waals surface area (Å²) in [6.45, 7) is 1.71. The van der Waals surface area contributed by atoms with Gasteiger partial charge < -0.3 is 15.7 Å². The normalized spacial score (nSPS) is 29.9. The van der Waals surface area contributed by atoms with Crippen molar-refractivity contribution in [2.24, 2.45) is 5.92 Å². The molecular weight excluding hydrogens is 296 g/mol. The molecule has 2 aliphatic heterocycles. The molecule has 0 spiro atoms. The van der Waals surface area contributed by atoms with Crippen molar-refractivity contribution in [1.29, 1.82) is 0 Å². The van der Waals surface area contributed by atoms with E-state index in [-0.39, 0.29) is 12.0 Å². The highest BCUT2D eigenvalue weighted by Gasteiger charge is 2.42. The summed E-state index contributed by atoms with van der Waals surface area (Å²) < 4.78 is 0.947. The average molecular weight is 311 g/mol. The number of benzene rings is 1. The minimum Gasteiger partial charge on any atom is -0.481 e. The van der Waals surface area contributed by atoms with Crippen molar-refractivity contribution in [3.05, 3.63) is 28.2 Å². The van der Waals surface area contributed by atoms with Crippen LogP contribution in [0.1, 0.15) is 17.9 Å². The van der Waals surface area contributed by atoms with Crippen LogP contribution in [0.4, 0.5) is 5.69 Å². The molecule has 1 fully saturated rings. The van der Waals surface area contributed by atoms with E-state index in [1.807, 2.05) is 18.2 Å². The molecule has 2 heterocycles. The second-order valence-electron chi connectivity index (χ2n) is 4.93. The Balaban J connectivity index is 2.10. The van der Waals surface area contributed by atoms with Crippen LogP contribution in [0.2, 0.25) is 0 Å². The summed E-state index contributed by atoms with van der Waals surface area (Å²) in [6.07, 6.45) is 0.967. The first-order valence-electron chi connectivity index (χ1n) is 6.17. The van der Waals surface area contributed by atoms with Crippen LogP contribution in [0.5, 0.6) is 0 Å². The van der Waals surface area contributed by atoms with Crippen molar-refractivity contribution in [2.75, 3.05) is 18.4 Å². The summed E-state index contributed by atoms with van der Waals surface area (Å²) in [6, 6.07) is 6.01. The molecule has 5 heteroatoms. The van der Waals surface area contributed by atoms with Gasteiger partial charge in [0.1, 0.15) is 0 Å². The summed E-state index contributed by atoms with van der Waals surface area (Å²) in [5.74, 6) is -1.02. The maximum atomic E-state index is 11.6. The van der Waals surface area contributed by atoms with E-state index in [2.05, 4.69) is 26.6 Å². The Bertz CT molecular complexity index is 492. The standard InChI is InChI=1S/C13H15BrN2O2/c14-9-3-1-2-7-11(13(17)18)8-6-15-5-4-10(8)16-12(7)9/h1-3,8,10-11,15-16H,4-6H2,(H,17,18). The molecule has 1 aromatic rings. The molecule has 0 bridgehead atoms. The van der Waals surface area contributed by atoms with E-state index in [1.54, 1.807) is 0 Å². The maximum absolute atomic E-state index is 11.6. The average Bonchev–Trinajstić information content (AvgIpc) is 2.36. The van der Waals surface area contributed by atoms with E-state index in [4.69, 9.17) is 0 Å². The van der Waals surface area contributed by atoms with Crippen LogP contribution >= 0.6 is 15.9 Å².